The average Bonchev–Trinajstić information content (AvgIpc) is 2.66. The van der Waals surface area contributed by atoms with Crippen LogP contribution in [0.5, 0.6) is 0 Å². The lowest BCUT2D eigenvalue weighted by molar-refractivity contribution is 0.0681. The number of carbonyl (C=O) groups is 3. The van der Waals surface area contributed by atoms with Crippen LogP contribution in [0.25, 0.3) is 0 Å². The Bertz CT molecular complexity index is 896. The van der Waals surface area contributed by atoms with Crippen molar-refractivity contribution in [2.24, 2.45) is 0 Å². The molecule has 0 saturated heterocycles. The Balaban J connectivity index is 1.86. The zero-order chi connectivity index (χ0) is 19.6. The number of aromatic carboxylic acids is 2. The molecule has 0 atom stereocenters. The predicted octanol–water partition coefficient (Wildman–Crippen LogP) is 2.75. The molecule has 0 aliphatic rings. The van der Waals surface area contributed by atoms with E-state index in [1.54, 1.807) is 0 Å². The first-order valence-corrected chi connectivity index (χ1v) is 8.01. The number of carboxylic acids is 2. The molecule has 0 spiro atoms. The van der Waals surface area contributed by atoms with Gasteiger partial charge in [0.25, 0.3) is 0 Å². The monoisotopic (exact) mass is 367 g/mol. The van der Waals surface area contributed by atoms with Crippen LogP contribution in [0.2, 0.25) is 0 Å². The maximum Gasteiger partial charge on any atom is 0.407 e. The molecule has 0 radical (unpaired) electrons. The van der Waals surface area contributed by atoms with Gasteiger partial charge in [0.15, 0.2) is 0 Å². The second-order valence-electron chi connectivity index (χ2n) is 5.41. The number of benzene rings is 2. The fourth-order valence-corrected chi connectivity index (χ4v) is 2.13. The van der Waals surface area contributed by atoms with Gasteiger partial charge in [-0.3, -0.25) is 0 Å². The van der Waals surface area contributed by atoms with Gasteiger partial charge in [-0.2, -0.15) is 0 Å². The Morgan fingerprint density at radius 2 is 1.74 bits per heavy atom. The van der Waals surface area contributed by atoms with Crippen molar-refractivity contribution >= 4 is 18.0 Å². The highest BCUT2D eigenvalue weighted by atomic mass is 16.5. The van der Waals surface area contributed by atoms with E-state index in [9.17, 15) is 14.4 Å². The van der Waals surface area contributed by atoms with Gasteiger partial charge in [0.05, 0.1) is 11.1 Å². The normalized spacial score (nSPS) is 9.63. The molecule has 2 rings (SSSR count). The first-order chi connectivity index (χ1) is 13.0. The zero-order valence-corrected chi connectivity index (χ0v) is 14.3. The minimum atomic E-state index is -1.20. The van der Waals surface area contributed by atoms with Crippen molar-refractivity contribution in [3.8, 4) is 11.8 Å². The smallest absolute Gasteiger partial charge is 0.407 e. The number of hydrogen-bond acceptors (Lipinski definition) is 4. The second-order valence-corrected chi connectivity index (χ2v) is 5.41. The first kappa shape index (κ1) is 19.5. The molecule has 0 unspecified atom stereocenters. The van der Waals surface area contributed by atoms with E-state index in [1.165, 1.54) is 18.2 Å². The molecule has 3 N–H and O–H groups in total. The van der Waals surface area contributed by atoms with E-state index in [1.807, 2.05) is 30.3 Å². The summed E-state index contributed by atoms with van der Waals surface area (Å²) in [6.07, 6.45) is -0.337. The van der Waals surface area contributed by atoms with Crippen molar-refractivity contribution in [2.45, 2.75) is 13.0 Å². The van der Waals surface area contributed by atoms with Gasteiger partial charge in [-0.05, 0) is 23.8 Å². The summed E-state index contributed by atoms with van der Waals surface area (Å²) in [4.78, 5) is 33.8. The number of alkyl carbamates (subject to hydrolysis) is 1. The minimum absolute atomic E-state index is 0.0492. The van der Waals surface area contributed by atoms with Gasteiger partial charge in [-0.15, -0.1) is 0 Å². The van der Waals surface area contributed by atoms with Gasteiger partial charge >= 0.3 is 18.0 Å². The third-order valence-electron chi connectivity index (χ3n) is 3.45. The number of carbonyl (C=O) groups excluding carboxylic acids is 1. The Labute approximate surface area is 155 Å². The van der Waals surface area contributed by atoms with E-state index in [2.05, 4.69) is 17.2 Å². The van der Waals surface area contributed by atoms with E-state index < -0.39 is 18.0 Å². The quantitative estimate of drug-likeness (QED) is 0.534. The summed E-state index contributed by atoms with van der Waals surface area (Å²) in [5, 5.41) is 20.7. The highest BCUT2D eigenvalue weighted by molar-refractivity contribution is 5.94. The molecule has 7 nitrogen and oxygen atoms in total. The SMILES string of the molecule is O=C(NCCC#Cc1cc(C(=O)O)ccc1C(=O)O)OCc1ccccc1. The van der Waals surface area contributed by atoms with Crippen molar-refractivity contribution in [3.05, 3.63) is 70.8 Å². The lowest BCUT2D eigenvalue weighted by atomic mass is 10.0. The van der Waals surface area contributed by atoms with Crippen LogP contribution in [0, 0.1) is 11.8 Å². The third-order valence-corrected chi connectivity index (χ3v) is 3.45. The summed E-state index contributed by atoms with van der Waals surface area (Å²) in [5.74, 6) is 2.99. The number of carboxylic acid groups (broad SMARTS) is 2. The van der Waals surface area contributed by atoms with Gasteiger partial charge in [-0.25, -0.2) is 14.4 Å². The van der Waals surface area contributed by atoms with Crippen LogP contribution in [0.15, 0.2) is 48.5 Å². The molecule has 0 bridgehead atoms. The molecule has 0 aliphatic heterocycles. The topological polar surface area (TPSA) is 113 Å². The lowest BCUT2D eigenvalue weighted by Gasteiger charge is -2.05. The molecule has 2 aromatic carbocycles. The minimum Gasteiger partial charge on any atom is -0.478 e. The van der Waals surface area contributed by atoms with Crippen LogP contribution in [0.1, 0.15) is 38.3 Å². The summed E-state index contributed by atoms with van der Waals surface area (Å²) in [6.45, 7) is 0.365. The van der Waals surface area contributed by atoms with E-state index in [4.69, 9.17) is 14.9 Å². The van der Waals surface area contributed by atoms with Crippen molar-refractivity contribution in [1.82, 2.24) is 5.32 Å². The number of rotatable bonds is 6. The molecule has 2 aromatic rings. The Hall–Kier alpha value is -3.79. The fraction of sp³-hybridized carbons (Fsp3) is 0.150. The highest BCUT2D eigenvalue weighted by Gasteiger charge is 2.12. The Morgan fingerprint density at radius 3 is 2.41 bits per heavy atom. The van der Waals surface area contributed by atoms with Crippen molar-refractivity contribution in [3.63, 3.8) is 0 Å². The van der Waals surface area contributed by atoms with Crippen LogP contribution < -0.4 is 5.32 Å². The molecule has 7 heteroatoms. The van der Waals surface area contributed by atoms with Crippen molar-refractivity contribution < 1.29 is 29.3 Å². The third kappa shape index (κ3) is 6.21. The van der Waals surface area contributed by atoms with Gasteiger partial charge in [0.1, 0.15) is 6.61 Å². The molecule has 0 heterocycles. The van der Waals surface area contributed by atoms with Gasteiger partial charge in [0.2, 0.25) is 0 Å². The lowest BCUT2D eigenvalue weighted by Crippen LogP contribution is -2.24. The second kappa shape index (κ2) is 9.63. The molecule has 138 valence electrons. The van der Waals surface area contributed by atoms with E-state index >= 15 is 0 Å². The van der Waals surface area contributed by atoms with E-state index in [-0.39, 0.29) is 36.3 Å². The maximum atomic E-state index is 11.6. The maximum absolute atomic E-state index is 11.6. The standard InChI is InChI=1S/C20H17NO6/c22-18(23)16-9-10-17(19(24)25)15(12-16)8-4-5-11-21-20(26)27-13-14-6-2-1-3-7-14/h1-3,6-7,9-10,12H,5,11,13H2,(H,21,26)(H,22,23)(H,24,25). The Kier molecular flexibility index (Phi) is 6.97. The number of ether oxygens (including phenoxy) is 1. The molecule has 0 saturated carbocycles. The van der Waals surface area contributed by atoms with Crippen LogP contribution in [0.3, 0.4) is 0 Å². The van der Waals surface area contributed by atoms with Crippen LogP contribution in [-0.4, -0.2) is 34.8 Å². The van der Waals surface area contributed by atoms with Gasteiger partial charge in [0, 0.05) is 18.5 Å². The average molecular weight is 367 g/mol. The van der Waals surface area contributed by atoms with Gasteiger partial charge in [-0.1, -0.05) is 42.2 Å². The summed E-state index contributed by atoms with van der Waals surface area (Å²) >= 11 is 0. The molecule has 1 amide bonds. The summed E-state index contributed by atoms with van der Waals surface area (Å²) < 4.78 is 5.04. The zero-order valence-electron chi connectivity index (χ0n) is 14.3. The summed E-state index contributed by atoms with van der Waals surface area (Å²) in [5.41, 5.74) is 0.843. The molecular weight excluding hydrogens is 350 g/mol. The number of hydrogen-bond donors (Lipinski definition) is 3. The fourth-order valence-electron chi connectivity index (χ4n) is 2.13. The number of nitrogens with one attached hydrogen (secondary N) is 1. The molecular formula is C20H17NO6. The molecule has 0 fully saturated rings. The van der Waals surface area contributed by atoms with Gasteiger partial charge < -0.3 is 20.3 Å². The van der Waals surface area contributed by atoms with Crippen LogP contribution in [0.4, 0.5) is 4.79 Å². The highest BCUT2D eigenvalue weighted by Crippen LogP contribution is 2.11. The molecule has 27 heavy (non-hydrogen) atoms. The predicted molar refractivity (Wildman–Crippen MR) is 96.5 cm³/mol. The van der Waals surface area contributed by atoms with Crippen LogP contribution >= 0.6 is 0 Å². The largest absolute Gasteiger partial charge is 0.478 e. The van der Waals surface area contributed by atoms with E-state index in [0.717, 1.165) is 5.56 Å². The van der Waals surface area contributed by atoms with Crippen LogP contribution in [-0.2, 0) is 11.3 Å². The van der Waals surface area contributed by atoms with Crippen molar-refractivity contribution in [1.29, 1.82) is 0 Å². The molecule has 0 aromatic heterocycles. The summed E-state index contributed by atoms with van der Waals surface area (Å²) in [6, 6.07) is 12.8. The first-order valence-electron chi connectivity index (χ1n) is 8.01. The van der Waals surface area contributed by atoms with E-state index in [0.29, 0.717) is 0 Å². The Morgan fingerprint density at radius 1 is 1.00 bits per heavy atom. The van der Waals surface area contributed by atoms with Crippen molar-refractivity contribution in [2.75, 3.05) is 6.54 Å². The number of amides is 1. The summed E-state index contributed by atoms with van der Waals surface area (Å²) in [7, 11) is 0. The molecule has 0 aliphatic carbocycles.